The summed E-state index contributed by atoms with van der Waals surface area (Å²) in [6, 6.07) is 27.8. The van der Waals surface area contributed by atoms with E-state index in [1.54, 1.807) is 7.11 Å². The van der Waals surface area contributed by atoms with Crippen molar-refractivity contribution in [2.75, 3.05) is 38.2 Å². The molecule has 0 saturated carbocycles. The molecule has 1 heterocycles. The van der Waals surface area contributed by atoms with Gasteiger partial charge in [0, 0.05) is 38.4 Å². The predicted molar refractivity (Wildman–Crippen MR) is 112 cm³/mol. The first-order valence-electron chi connectivity index (χ1n) is 9.58. The molecular weight excluding hydrogens is 332 g/mol. The molecule has 0 N–H and O–H groups in total. The third kappa shape index (κ3) is 4.15. The topological polar surface area (TPSA) is 15.7 Å². The van der Waals surface area contributed by atoms with Gasteiger partial charge >= 0.3 is 0 Å². The molecule has 1 aliphatic heterocycles. The Morgan fingerprint density at radius 3 is 2.11 bits per heavy atom. The number of benzene rings is 3. The maximum atomic E-state index is 5.26. The van der Waals surface area contributed by atoms with Crippen LogP contribution in [0.1, 0.15) is 5.56 Å². The lowest BCUT2D eigenvalue weighted by molar-refractivity contribution is 0.250. The number of rotatable bonds is 5. The van der Waals surface area contributed by atoms with E-state index < -0.39 is 0 Å². The zero-order valence-electron chi connectivity index (χ0n) is 15.8. The SMILES string of the molecule is COc1ccc(N2CCN(Cc3ccccc3-c3ccccc3)CC2)cc1. The molecule has 0 aliphatic carbocycles. The minimum absolute atomic E-state index is 0.912. The van der Waals surface area contributed by atoms with E-state index >= 15 is 0 Å². The van der Waals surface area contributed by atoms with Crippen LogP contribution in [-0.2, 0) is 6.54 Å². The zero-order valence-corrected chi connectivity index (χ0v) is 15.8. The fourth-order valence-electron chi connectivity index (χ4n) is 3.76. The molecule has 3 aromatic carbocycles. The Hall–Kier alpha value is -2.78. The van der Waals surface area contributed by atoms with E-state index in [0.717, 1.165) is 38.5 Å². The van der Waals surface area contributed by atoms with Gasteiger partial charge in [0.15, 0.2) is 0 Å². The molecule has 1 fully saturated rings. The van der Waals surface area contributed by atoms with Crippen LogP contribution in [0.4, 0.5) is 5.69 Å². The van der Waals surface area contributed by atoms with Crippen LogP contribution in [0.3, 0.4) is 0 Å². The van der Waals surface area contributed by atoms with E-state index in [4.69, 9.17) is 4.74 Å². The maximum Gasteiger partial charge on any atom is 0.119 e. The van der Waals surface area contributed by atoms with Crippen LogP contribution < -0.4 is 9.64 Å². The quantitative estimate of drug-likeness (QED) is 0.658. The van der Waals surface area contributed by atoms with Crippen LogP contribution in [0.15, 0.2) is 78.9 Å². The van der Waals surface area contributed by atoms with Gasteiger partial charge in [-0.05, 0) is 41.0 Å². The van der Waals surface area contributed by atoms with Crippen molar-refractivity contribution in [3.63, 3.8) is 0 Å². The summed E-state index contributed by atoms with van der Waals surface area (Å²) in [5.74, 6) is 0.912. The van der Waals surface area contributed by atoms with Gasteiger partial charge in [0.2, 0.25) is 0 Å². The van der Waals surface area contributed by atoms with Crippen LogP contribution in [-0.4, -0.2) is 38.2 Å². The molecule has 0 amide bonds. The second-order valence-electron chi connectivity index (χ2n) is 6.98. The first-order valence-corrected chi connectivity index (χ1v) is 9.58. The van der Waals surface area contributed by atoms with Crippen molar-refractivity contribution in [3.05, 3.63) is 84.4 Å². The Morgan fingerprint density at radius 1 is 0.741 bits per heavy atom. The summed E-state index contributed by atoms with van der Waals surface area (Å²) in [7, 11) is 1.71. The number of methoxy groups -OCH3 is 1. The van der Waals surface area contributed by atoms with E-state index in [1.807, 2.05) is 12.1 Å². The Balaban J connectivity index is 1.41. The van der Waals surface area contributed by atoms with Gasteiger partial charge < -0.3 is 9.64 Å². The number of nitrogens with zero attached hydrogens (tertiary/aromatic N) is 2. The van der Waals surface area contributed by atoms with E-state index in [9.17, 15) is 0 Å². The number of ether oxygens (including phenoxy) is 1. The molecule has 138 valence electrons. The average molecular weight is 358 g/mol. The van der Waals surface area contributed by atoms with Crippen molar-refractivity contribution in [2.24, 2.45) is 0 Å². The Morgan fingerprint density at radius 2 is 1.41 bits per heavy atom. The lowest BCUT2D eigenvalue weighted by atomic mass is 9.99. The fraction of sp³-hybridized carbons (Fsp3) is 0.250. The molecule has 0 aromatic heterocycles. The van der Waals surface area contributed by atoms with Gasteiger partial charge in [-0.2, -0.15) is 0 Å². The molecule has 0 unspecified atom stereocenters. The van der Waals surface area contributed by atoms with Crippen molar-refractivity contribution in [1.82, 2.24) is 4.90 Å². The summed E-state index contributed by atoms with van der Waals surface area (Å²) >= 11 is 0. The first-order chi connectivity index (χ1) is 13.3. The minimum atomic E-state index is 0.912. The fourth-order valence-corrected chi connectivity index (χ4v) is 3.76. The van der Waals surface area contributed by atoms with E-state index in [2.05, 4.69) is 76.5 Å². The van der Waals surface area contributed by atoms with Gasteiger partial charge in [0.25, 0.3) is 0 Å². The minimum Gasteiger partial charge on any atom is -0.497 e. The summed E-state index contributed by atoms with van der Waals surface area (Å²) in [5, 5.41) is 0. The highest BCUT2D eigenvalue weighted by Gasteiger charge is 2.18. The van der Waals surface area contributed by atoms with Crippen molar-refractivity contribution >= 4 is 5.69 Å². The number of piperazine rings is 1. The highest BCUT2D eigenvalue weighted by atomic mass is 16.5. The molecule has 3 aromatic rings. The molecule has 0 atom stereocenters. The lowest BCUT2D eigenvalue weighted by Gasteiger charge is -2.36. The molecule has 3 nitrogen and oxygen atoms in total. The standard InChI is InChI=1S/C24H26N2O/c1-27-23-13-11-22(12-14-23)26-17-15-25(16-18-26)19-21-9-5-6-10-24(21)20-7-3-2-4-8-20/h2-14H,15-19H2,1H3. The van der Waals surface area contributed by atoms with Crippen LogP contribution in [0.2, 0.25) is 0 Å². The van der Waals surface area contributed by atoms with Crippen LogP contribution in [0.5, 0.6) is 5.75 Å². The van der Waals surface area contributed by atoms with Gasteiger partial charge in [-0.3, -0.25) is 4.90 Å². The lowest BCUT2D eigenvalue weighted by Crippen LogP contribution is -2.46. The molecule has 27 heavy (non-hydrogen) atoms. The second kappa shape index (κ2) is 8.28. The molecule has 0 radical (unpaired) electrons. The van der Waals surface area contributed by atoms with Gasteiger partial charge in [0.05, 0.1) is 7.11 Å². The predicted octanol–water partition coefficient (Wildman–Crippen LogP) is 4.68. The van der Waals surface area contributed by atoms with Crippen LogP contribution >= 0.6 is 0 Å². The zero-order chi connectivity index (χ0) is 18.5. The second-order valence-corrected chi connectivity index (χ2v) is 6.98. The molecule has 1 aliphatic rings. The molecule has 3 heteroatoms. The van der Waals surface area contributed by atoms with E-state index in [-0.39, 0.29) is 0 Å². The first kappa shape index (κ1) is 17.6. The average Bonchev–Trinajstić information content (AvgIpc) is 2.75. The van der Waals surface area contributed by atoms with E-state index in [0.29, 0.717) is 0 Å². The monoisotopic (exact) mass is 358 g/mol. The highest BCUT2D eigenvalue weighted by Crippen LogP contribution is 2.26. The number of hydrogen-bond acceptors (Lipinski definition) is 3. The molecule has 0 spiro atoms. The maximum absolute atomic E-state index is 5.26. The van der Waals surface area contributed by atoms with Crippen molar-refractivity contribution in [3.8, 4) is 16.9 Å². The Labute approximate surface area is 161 Å². The number of anilines is 1. The van der Waals surface area contributed by atoms with Crippen molar-refractivity contribution < 1.29 is 4.74 Å². The van der Waals surface area contributed by atoms with Gasteiger partial charge in [-0.25, -0.2) is 0 Å². The van der Waals surface area contributed by atoms with Crippen LogP contribution in [0, 0.1) is 0 Å². The van der Waals surface area contributed by atoms with Crippen molar-refractivity contribution in [2.45, 2.75) is 6.54 Å². The normalized spacial score (nSPS) is 14.9. The molecular formula is C24H26N2O. The highest BCUT2D eigenvalue weighted by molar-refractivity contribution is 5.67. The molecule has 0 bridgehead atoms. The molecule has 4 rings (SSSR count). The summed E-state index contributed by atoms with van der Waals surface area (Å²) in [4.78, 5) is 5.01. The third-order valence-corrected chi connectivity index (χ3v) is 5.31. The third-order valence-electron chi connectivity index (χ3n) is 5.31. The Bertz CT molecular complexity index is 853. The Kier molecular flexibility index (Phi) is 5.40. The smallest absolute Gasteiger partial charge is 0.119 e. The summed E-state index contributed by atoms with van der Waals surface area (Å²) in [6.07, 6.45) is 0. The number of hydrogen-bond donors (Lipinski definition) is 0. The molecule has 1 saturated heterocycles. The van der Waals surface area contributed by atoms with Gasteiger partial charge in [-0.15, -0.1) is 0 Å². The van der Waals surface area contributed by atoms with Gasteiger partial charge in [-0.1, -0.05) is 54.6 Å². The van der Waals surface area contributed by atoms with Crippen molar-refractivity contribution in [1.29, 1.82) is 0 Å². The summed E-state index contributed by atoms with van der Waals surface area (Å²) in [6.45, 7) is 5.27. The summed E-state index contributed by atoms with van der Waals surface area (Å²) in [5.41, 5.74) is 5.32. The van der Waals surface area contributed by atoms with E-state index in [1.165, 1.54) is 22.4 Å². The summed E-state index contributed by atoms with van der Waals surface area (Å²) < 4.78 is 5.26. The largest absolute Gasteiger partial charge is 0.497 e. The van der Waals surface area contributed by atoms with Gasteiger partial charge in [0.1, 0.15) is 5.75 Å². The van der Waals surface area contributed by atoms with Crippen LogP contribution in [0.25, 0.3) is 11.1 Å².